The number of rotatable bonds is 4. The molecule has 0 unspecified atom stereocenters. The van der Waals surface area contributed by atoms with Crippen molar-refractivity contribution in [1.82, 2.24) is 10.3 Å². The number of ether oxygens (including phenoxy) is 1. The van der Waals surface area contributed by atoms with E-state index in [1.165, 1.54) is 23.5 Å². The summed E-state index contributed by atoms with van der Waals surface area (Å²) in [6.45, 7) is 0. The molecule has 26 heavy (non-hydrogen) atoms. The van der Waals surface area contributed by atoms with Crippen molar-refractivity contribution in [2.75, 3.05) is 12.4 Å². The van der Waals surface area contributed by atoms with Crippen molar-refractivity contribution in [3.05, 3.63) is 63.0 Å². The molecule has 1 aliphatic rings. The van der Waals surface area contributed by atoms with Crippen LogP contribution in [-0.2, 0) is 9.53 Å². The number of aliphatic imine (C=N–C) groups is 1. The zero-order chi connectivity index (χ0) is 21.2. The molecule has 0 saturated heterocycles. The van der Waals surface area contributed by atoms with E-state index in [0.29, 0.717) is 22.1 Å². The van der Waals surface area contributed by atoms with Gasteiger partial charge in [0.2, 0.25) is 0 Å². The number of allylic oxidation sites excluding steroid dienone is 1. The highest BCUT2D eigenvalue weighted by Gasteiger charge is 2.33. The summed E-state index contributed by atoms with van der Waals surface area (Å²) < 4.78 is 40.0. The highest BCUT2D eigenvalue weighted by Crippen LogP contribution is 2.35. The summed E-state index contributed by atoms with van der Waals surface area (Å²) in [4.78, 5) is 21.5. The predicted octanol–water partition coefficient (Wildman–Crippen LogP) is 3.18. The van der Waals surface area contributed by atoms with Crippen molar-refractivity contribution >= 4 is 39.1 Å². The number of aromatic nitrogens is 1. The Bertz CT molecular complexity index is 1050. The molecule has 3 rings (SSSR count). The Hall–Kier alpha value is -2.50. The van der Waals surface area contributed by atoms with Gasteiger partial charge in [0.15, 0.2) is 10.8 Å². The highest BCUT2D eigenvalue weighted by atomic mass is 79.9. The fourth-order valence-corrected chi connectivity index (χ4v) is 3.59. The fraction of sp³-hybridized carbons (Fsp3) is 0.167. The Kier molecular flexibility index (Phi) is 4.40. The average Bonchev–Trinajstić information content (AvgIpc) is 3.20. The van der Waals surface area contributed by atoms with Crippen LogP contribution in [0.2, 0.25) is 0 Å². The molecule has 132 valence electrons. The number of methoxy groups -OCH3 is 1. The molecule has 1 atom stereocenters. The van der Waals surface area contributed by atoms with Crippen LogP contribution in [0.25, 0.3) is 0 Å². The molecule has 0 bridgehead atoms. The molecule has 1 N–H and O–H groups in total. The molecule has 1 aromatic carbocycles. The summed E-state index contributed by atoms with van der Waals surface area (Å²) in [5.74, 6) is 1.13. The van der Waals surface area contributed by atoms with Gasteiger partial charge in [0.1, 0.15) is 11.9 Å². The van der Waals surface area contributed by atoms with E-state index < -0.39 is 24.9 Å². The Morgan fingerprint density at radius 2 is 2.46 bits per heavy atom. The van der Waals surface area contributed by atoms with E-state index in [1.54, 1.807) is 11.6 Å². The molecular weight excluding hydrogens is 421 g/mol. The first kappa shape index (κ1) is 14.6. The number of amidine groups is 1. The van der Waals surface area contributed by atoms with Crippen molar-refractivity contribution in [2.24, 2.45) is 4.99 Å². The standard InChI is InChI=1S/C18H13BrFN3O2S/c1-3-10-8-11(20)4-5-12(10)15-14(18(24)25-2)13(9-19)22-16(23-15)17-21-6-7-26-17/h1,4-8,15H,9H2,2H3,(H,22,23)/t15-/m0/s1/i2D3. The summed E-state index contributed by atoms with van der Waals surface area (Å²) >= 11 is 4.62. The van der Waals surface area contributed by atoms with E-state index in [0.717, 1.165) is 6.07 Å². The number of nitrogens with one attached hydrogen (secondary N) is 1. The third kappa shape index (κ3) is 3.41. The fourth-order valence-electron chi connectivity index (χ4n) is 2.56. The van der Waals surface area contributed by atoms with Crippen molar-refractivity contribution in [2.45, 2.75) is 6.04 Å². The first-order valence-corrected chi connectivity index (χ1v) is 9.26. The van der Waals surface area contributed by atoms with Gasteiger partial charge in [-0.15, -0.1) is 17.8 Å². The number of thiazole rings is 1. The molecule has 1 aliphatic heterocycles. The van der Waals surface area contributed by atoms with Gasteiger partial charge < -0.3 is 10.1 Å². The van der Waals surface area contributed by atoms with Crippen LogP contribution in [0, 0.1) is 18.2 Å². The lowest BCUT2D eigenvalue weighted by Gasteiger charge is -2.26. The van der Waals surface area contributed by atoms with Crippen molar-refractivity contribution < 1.29 is 18.0 Å². The molecule has 0 aliphatic carbocycles. The molecule has 2 heterocycles. The van der Waals surface area contributed by atoms with Crippen LogP contribution in [0.4, 0.5) is 4.39 Å². The monoisotopic (exact) mass is 436 g/mol. The van der Waals surface area contributed by atoms with E-state index in [2.05, 4.69) is 41.9 Å². The van der Waals surface area contributed by atoms with Gasteiger partial charge in [-0.3, -0.25) is 4.99 Å². The van der Waals surface area contributed by atoms with Crippen LogP contribution < -0.4 is 5.32 Å². The molecular formula is C18H13BrFN3O2S. The number of esters is 1. The number of alkyl halides is 1. The molecule has 0 saturated carbocycles. The maximum absolute atomic E-state index is 13.7. The maximum atomic E-state index is 13.7. The number of halogens is 2. The van der Waals surface area contributed by atoms with Crippen molar-refractivity contribution in [1.29, 1.82) is 0 Å². The normalized spacial score (nSPS) is 18.7. The summed E-state index contributed by atoms with van der Waals surface area (Å²) in [7, 11) is -2.94. The average molecular weight is 437 g/mol. The number of terminal acetylenes is 1. The van der Waals surface area contributed by atoms with Gasteiger partial charge in [-0.25, -0.2) is 14.2 Å². The zero-order valence-electron chi connectivity index (χ0n) is 16.1. The molecule has 2 aromatic rings. The Morgan fingerprint density at radius 3 is 3.12 bits per heavy atom. The van der Waals surface area contributed by atoms with Crippen LogP contribution in [0.15, 0.2) is 46.0 Å². The van der Waals surface area contributed by atoms with E-state index in [1.807, 2.05) is 0 Å². The van der Waals surface area contributed by atoms with Gasteiger partial charge in [-0.05, 0) is 17.7 Å². The zero-order valence-corrected chi connectivity index (χ0v) is 15.5. The Labute approximate surface area is 166 Å². The molecule has 0 spiro atoms. The second-order valence-corrected chi connectivity index (χ2v) is 6.59. The van der Waals surface area contributed by atoms with Crippen LogP contribution >= 0.6 is 27.3 Å². The summed E-state index contributed by atoms with van der Waals surface area (Å²) in [5, 5.41) is 5.48. The molecule has 0 amide bonds. The van der Waals surface area contributed by atoms with Crippen LogP contribution in [0.3, 0.4) is 0 Å². The number of benzene rings is 1. The molecule has 0 fully saturated rings. The molecule has 1 aromatic heterocycles. The first-order valence-electron chi connectivity index (χ1n) is 8.76. The minimum absolute atomic E-state index is 0.0404. The van der Waals surface area contributed by atoms with Crippen molar-refractivity contribution in [3.8, 4) is 12.3 Å². The van der Waals surface area contributed by atoms with E-state index in [4.69, 9.17) is 10.5 Å². The topological polar surface area (TPSA) is 63.6 Å². The number of carbonyl (C=O) groups is 1. The third-order valence-corrected chi connectivity index (χ3v) is 5.01. The summed E-state index contributed by atoms with van der Waals surface area (Å²) in [5.41, 5.74) is 0.853. The van der Waals surface area contributed by atoms with Crippen LogP contribution in [0.5, 0.6) is 0 Å². The lowest BCUT2D eigenvalue weighted by Crippen LogP contribution is -2.34. The van der Waals surface area contributed by atoms with Gasteiger partial charge in [0.25, 0.3) is 0 Å². The number of nitrogens with zero attached hydrogens (tertiary/aromatic N) is 2. The summed E-state index contributed by atoms with van der Waals surface area (Å²) in [6.07, 6.45) is 7.12. The SMILES string of the molecule is [2H]C([2H])([2H])OC(=O)C1=C(CBr)NC(c2nccs2)=N[C@H]1c1ccc(F)cc1C#C. The number of hydrogen-bond donors (Lipinski definition) is 1. The van der Waals surface area contributed by atoms with Gasteiger partial charge in [0, 0.05) is 28.2 Å². The highest BCUT2D eigenvalue weighted by molar-refractivity contribution is 9.09. The van der Waals surface area contributed by atoms with Gasteiger partial charge in [-0.2, -0.15) is 0 Å². The molecule has 0 radical (unpaired) electrons. The van der Waals surface area contributed by atoms with E-state index in [9.17, 15) is 9.18 Å². The van der Waals surface area contributed by atoms with Gasteiger partial charge in [0.05, 0.1) is 16.7 Å². The second kappa shape index (κ2) is 7.81. The first-order chi connectivity index (χ1) is 13.7. The van der Waals surface area contributed by atoms with Crippen LogP contribution in [-0.4, -0.2) is 29.2 Å². The van der Waals surface area contributed by atoms with E-state index in [-0.39, 0.29) is 16.5 Å². The third-order valence-electron chi connectivity index (χ3n) is 3.67. The lowest BCUT2D eigenvalue weighted by molar-refractivity contribution is -0.136. The lowest BCUT2D eigenvalue weighted by atomic mass is 9.92. The van der Waals surface area contributed by atoms with Gasteiger partial charge in [-0.1, -0.05) is 27.9 Å². The summed E-state index contributed by atoms with van der Waals surface area (Å²) in [6, 6.07) is 2.75. The number of hydrogen-bond acceptors (Lipinski definition) is 6. The largest absolute Gasteiger partial charge is 0.466 e. The van der Waals surface area contributed by atoms with Gasteiger partial charge >= 0.3 is 5.97 Å². The smallest absolute Gasteiger partial charge is 0.338 e. The van der Waals surface area contributed by atoms with Crippen LogP contribution in [0.1, 0.15) is 26.3 Å². The van der Waals surface area contributed by atoms with E-state index >= 15 is 0 Å². The quantitative estimate of drug-likeness (QED) is 0.454. The Morgan fingerprint density at radius 1 is 1.62 bits per heavy atom. The predicted molar refractivity (Wildman–Crippen MR) is 102 cm³/mol. The number of carbonyl (C=O) groups excluding carboxylic acids is 1. The van der Waals surface area contributed by atoms with Crippen molar-refractivity contribution in [3.63, 3.8) is 0 Å². The minimum atomic E-state index is -2.94. The maximum Gasteiger partial charge on any atom is 0.338 e. The minimum Gasteiger partial charge on any atom is -0.466 e. The molecule has 8 heteroatoms. The Balaban J connectivity index is 2.18. The second-order valence-electron chi connectivity index (χ2n) is 5.13. The molecule has 5 nitrogen and oxygen atoms in total.